The van der Waals surface area contributed by atoms with Gasteiger partial charge in [0.15, 0.2) is 0 Å². The van der Waals surface area contributed by atoms with E-state index >= 15 is 0 Å². The van der Waals surface area contributed by atoms with E-state index in [4.69, 9.17) is 0 Å². The fraction of sp³-hybridized carbons (Fsp3) is 0.368. The van der Waals surface area contributed by atoms with Crippen LogP contribution in [-0.4, -0.2) is 34.9 Å². The molecule has 0 saturated carbocycles. The fourth-order valence-corrected chi connectivity index (χ4v) is 3.17. The molecule has 1 amide bonds. The molecule has 0 atom stereocenters. The Kier molecular flexibility index (Phi) is 5.28. The van der Waals surface area contributed by atoms with Crippen LogP contribution in [0.15, 0.2) is 41.2 Å². The maximum Gasteiger partial charge on any atom is 0.253 e. The molecule has 1 fully saturated rings. The highest BCUT2D eigenvalue weighted by Gasteiger charge is 2.22. The summed E-state index contributed by atoms with van der Waals surface area (Å²) in [6, 6.07) is 9.64. The Labute approximate surface area is 145 Å². The molecule has 2 aromatic rings. The Morgan fingerprint density at radius 3 is 2.52 bits per heavy atom. The van der Waals surface area contributed by atoms with Crippen LogP contribution >= 0.6 is 0 Å². The third-order valence-electron chi connectivity index (χ3n) is 4.60. The third-order valence-corrected chi connectivity index (χ3v) is 4.60. The van der Waals surface area contributed by atoms with E-state index in [1.807, 2.05) is 12.1 Å². The molecule has 6 heteroatoms. The van der Waals surface area contributed by atoms with E-state index in [2.05, 4.69) is 15.2 Å². The van der Waals surface area contributed by atoms with Gasteiger partial charge in [-0.05, 0) is 43.5 Å². The standard InChI is InChI=1S/C19H22FN3O2/c1-13-17(6-7-18(24)21-13)19(25)22-16-8-10-23(11-9-16)12-14-2-4-15(20)5-3-14/h2-7,16H,8-12H2,1H3,(H,21,24)(H,22,25). The van der Waals surface area contributed by atoms with Gasteiger partial charge in [0, 0.05) is 37.4 Å². The Bertz CT molecular complexity index is 793. The van der Waals surface area contributed by atoms with Gasteiger partial charge in [-0.3, -0.25) is 14.5 Å². The topological polar surface area (TPSA) is 65.2 Å². The summed E-state index contributed by atoms with van der Waals surface area (Å²) in [4.78, 5) is 28.6. The Hall–Kier alpha value is -2.47. The molecule has 25 heavy (non-hydrogen) atoms. The number of H-pyrrole nitrogens is 1. The van der Waals surface area contributed by atoms with Gasteiger partial charge in [-0.15, -0.1) is 0 Å². The van der Waals surface area contributed by atoms with Crippen LogP contribution in [0.5, 0.6) is 0 Å². The SMILES string of the molecule is Cc1[nH]c(=O)ccc1C(=O)NC1CCN(Cc2ccc(F)cc2)CC1. The Balaban J connectivity index is 1.51. The van der Waals surface area contributed by atoms with Gasteiger partial charge in [0.1, 0.15) is 5.82 Å². The maximum atomic E-state index is 13.0. The number of pyridine rings is 1. The minimum absolute atomic E-state index is 0.128. The first-order chi connectivity index (χ1) is 12.0. The molecule has 2 heterocycles. The molecule has 3 rings (SSSR count). The largest absolute Gasteiger partial charge is 0.349 e. The molecule has 0 unspecified atom stereocenters. The molecule has 1 aromatic heterocycles. The van der Waals surface area contributed by atoms with Gasteiger partial charge in [-0.25, -0.2) is 4.39 Å². The molecule has 132 valence electrons. The third kappa shape index (κ3) is 4.54. The van der Waals surface area contributed by atoms with Crippen LogP contribution in [0.2, 0.25) is 0 Å². The van der Waals surface area contributed by atoms with Crippen LogP contribution < -0.4 is 10.9 Å². The lowest BCUT2D eigenvalue weighted by Gasteiger charge is -2.32. The highest BCUT2D eigenvalue weighted by molar-refractivity contribution is 5.95. The van der Waals surface area contributed by atoms with Crippen LogP contribution in [0.25, 0.3) is 0 Å². The van der Waals surface area contributed by atoms with Gasteiger partial charge < -0.3 is 10.3 Å². The summed E-state index contributed by atoms with van der Waals surface area (Å²) in [5.41, 5.74) is 1.97. The number of amides is 1. The molecule has 2 N–H and O–H groups in total. The predicted octanol–water partition coefficient (Wildman–Crippen LogP) is 2.22. The van der Waals surface area contributed by atoms with Crippen LogP contribution in [0.1, 0.15) is 34.5 Å². The minimum atomic E-state index is -0.220. The van der Waals surface area contributed by atoms with Gasteiger partial charge in [-0.2, -0.15) is 0 Å². The number of nitrogens with zero attached hydrogens (tertiary/aromatic N) is 1. The van der Waals surface area contributed by atoms with E-state index in [1.54, 1.807) is 13.0 Å². The molecule has 1 aromatic carbocycles. The first-order valence-corrected chi connectivity index (χ1v) is 8.49. The van der Waals surface area contributed by atoms with Crippen molar-refractivity contribution in [3.05, 3.63) is 69.4 Å². The summed E-state index contributed by atoms with van der Waals surface area (Å²) in [5, 5.41) is 3.05. The lowest BCUT2D eigenvalue weighted by molar-refractivity contribution is 0.0908. The summed E-state index contributed by atoms with van der Waals surface area (Å²) in [6.07, 6.45) is 1.74. The average molecular weight is 343 g/mol. The lowest BCUT2D eigenvalue weighted by atomic mass is 10.0. The van der Waals surface area contributed by atoms with E-state index in [9.17, 15) is 14.0 Å². The number of hydrogen-bond donors (Lipinski definition) is 2. The number of aromatic amines is 1. The number of rotatable bonds is 4. The zero-order valence-electron chi connectivity index (χ0n) is 14.2. The average Bonchev–Trinajstić information content (AvgIpc) is 2.58. The number of likely N-dealkylation sites (tertiary alicyclic amines) is 1. The molecule has 1 saturated heterocycles. The van der Waals surface area contributed by atoms with E-state index in [0.717, 1.165) is 38.0 Å². The number of piperidine rings is 1. The summed E-state index contributed by atoms with van der Waals surface area (Å²) < 4.78 is 13.0. The summed E-state index contributed by atoms with van der Waals surface area (Å²) in [5.74, 6) is -0.367. The van der Waals surface area contributed by atoms with Crippen molar-refractivity contribution in [3.63, 3.8) is 0 Å². The second kappa shape index (κ2) is 7.61. The van der Waals surface area contributed by atoms with E-state index in [1.165, 1.54) is 18.2 Å². The van der Waals surface area contributed by atoms with Crippen molar-refractivity contribution in [2.45, 2.75) is 32.4 Å². The molecule has 0 radical (unpaired) electrons. The normalized spacial score (nSPS) is 15.9. The molecular formula is C19H22FN3O2. The first kappa shape index (κ1) is 17.4. The van der Waals surface area contributed by atoms with Crippen LogP contribution in [0.4, 0.5) is 4.39 Å². The van der Waals surface area contributed by atoms with E-state index in [0.29, 0.717) is 11.3 Å². The first-order valence-electron chi connectivity index (χ1n) is 8.49. The zero-order valence-corrected chi connectivity index (χ0v) is 14.2. The summed E-state index contributed by atoms with van der Waals surface area (Å²) >= 11 is 0. The number of nitrogens with one attached hydrogen (secondary N) is 2. The van der Waals surface area contributed by atoms with Crippen molar-refractivity contribution in [1.29, 1.82) is 0 Å². The van der Waals surface area contributed by atoms with Gasteiger partial charge >= 0.3 is 0 Å². The second-order valence-corrected chi connectivity index (χ2v) is 6.51. The number of carbonyl (C=O) groups is 1. The molecule has 0 bridgehead atoms. The summed E-state index contributed by atoms with van der Waals surface area (Å²) in [6.45, 7) is 4.28. The van der Waals surface area contributed by atoms with Crippen molar-refractivity contribution in [3.8, 4) is 0 Å². The highest BCUT2D eigenvalue weighted by Crippen LogP contribution is 2.15. The smallest absolute Gasteiger partial charge is 0.253 e. The van der Waals surface area contributed by atoms with E-state index in [-0.39, 0.29) is 23.3 Å². The molecular weight excluding hydrogens is 321 g/mol. The number of carbonyl (C=O) groups excluding carboxylic acids is 1. The summed E-state index contributed by atoms with van der Waals surface area (Å²) in [7, 11) is 0. The molecule has 0 aliphatic carbocycles. The quantitative estimate of drug-likeness (QED) is 0.895. The predicted molar refractivity (Wildman–Crippen MR) is 94.0 cm³/mol. The fourth-order valence-electron chi connectivity index (χ4n) is 3.17. The van der Waals surface area contributed by atoms with Gasteiger partial charge in [0.2, 0.25) is 5.56 Å². The number of benzene rings is 1. The van der Waals surface area contributed by atoms with Gasteiger partial charge in [0.25, 0.3) is 5.91 Å². The molecule has 5 nitrogen and oxygen atoms in total. The Morgan fingerprint density at radius 2 is 1.88 bits per heavy atom. The Morgan fingerprint density at radius 1 is 1.20 bits per heavy atom. The molecule has 1 aliphatic heterocycles. The van der Waals surface area contributed by atoms with Crippen molar-refractivity contribution in [2.75, 3.05) is 13.1 Å². The number of halogens is 1. The highest BCUT2D eigenvalue weighted by atomic mass is 19.1. The zero-order chi connectivity index (χ0) is 17.8. The monoisotopic (exact) mass is 343 g/mol. The second-order valence-electron chi connectivity index (χ2n) is 6.51. The van der Waals surface area contributed by atoms with Crippen LogP contribution in [0, 0.1) is 12.7 Å². The van der Waals surface area contributed by atoms with Crippen LogP contribution in [0.3, 0.4) is 0 Å². The molecule has 1 aliphatic rings. The van der Waals surface area contributed by atoms with Crippen molar-refractivity contribution < 1.29 is 9.18 Å². The lowest BCUT2D eigenvalue weighted by Crippen LogP contribution is -2.44. The van der Waals surface area contributed by atoms with E-state index < -0.39 is 0 Å². The maximum absolute atomic E-state index is 13.0. The number of aryl methyl sites for hydroxylation is 1. The van der Waals surface area contributed by atoms with Crippen molar-refractivity contribution in [1.82, 2.24) is 15.2 Å². The number of hydrogen-bond acceptors (Lipinski definition) is 3. The van der Waals surface area contributed by atoms with Crippen molar-refractivity contribution >= 4 is 5.91 Å². The van der Waals surface area contributed by atoms with Crippen molar-refractivity contribution in [2.24, 2.45) is 0 Å². The molecule has 0 spiro atoms. The van der Waals surface area contributed by atoms with Crippen LogP contribution in [-0.2, 0) is 6.54 Å². The minimum Gasteiger partial charge on any atom is -0.349 e. The van der Waals surface area contributed by atoms with Gasteiger partial charge in [-0.1, -0.05) is 12.1 Å². The number of aromatic nitrogens is 1. The van der Waals surface area contributed by atoms with Gasteiger partial charge in [0.05, 0.1) is 5.56 Å².